The molecule has 30 heavy (non-hydrogen) atoms. The Labute approximate surface area is 183 Å². The van der Waals surface area contributed by atoms with E-state index in [0.29, 0.717) is 30.7 Å². The monoisotopic (exact) mass is 461 g/mol. The third kappa shape index (κ3) is 3.71. The van der Waals surface area contributed by atoms with Crippen LogP contribution in [0.1, 0.15) is 24.0 Å². The van der Waals surface area contributed by atoms with Crippen LogP contribution in [-0.4, -0.2) is 35.8 Å². The largest absolute Gasteiger partial charge is 0.312 e. The van der Waals surface area contributed by atoms with Crippen LogP contribution in [0.3, 0.4) is 0 Å². The lowest BCUT2D eigenvalue weighted by molar-refractivity contribution is -0.121. The Morgan fingerprint density at radius 2 is 2.10 bits per heavy atom. The number of aromatic nitrogens is 1. The van der Waals surface area contributed by atoms with Gasteiger partial charge in [0.1, 0.15) is 10.3 Å². The van der Waals surface area contributed by atoms with Crippen LogP contribution in [0.4, 0.5) is 0 Å². The molecular formula is C21H23N3O3S3. The molecule has 0 radical (unpaired) electrons. The molecule has 4 rings (SSSR count). The van der Waals surface area contributed by atoms with Gasteiger partial charge >= 0.3 is 0 Å². The summed E-state index contributed by atoms with van der Waals surface area (Å²) in [6.07, 6.45) is 2.90. The average Bonchev–Trinajstić information content (AvgIpc) is 3.44. The molecule has 3 aromatic rings. The normalized spacial score (nSPS) is 18.3. The Hall–Kier alpha value is -2.07. The fourth-order valence-corrected chi connectivity index (χ4v) is 7.58. The maximum absolute atomic E-state index is 13.1. The summed E-state index contributed by atoms with van der Waals surface area (Å²) >= 11 is 2.61. The third-order valence-corrected chi connectivity index (χ3v) is 9.68. The topological polar surface area (TPSA) is 71.7 Å². The van der Waals surface area contributed by atoms with E-state index < -0.39 is 22.0 Å². The minimum atomic E-state index is -3.69. The van der Waals surface area contributed by atoms with Crippen LogP contribution in [0.25, 0.3) is 10.2 Å². The minimum absolute atomic E-state index is 0.261. The summed E-state index contributed by atoms with van der Waals surface area (Å²) in [4.78, 5) is 18.1. The number of amides is 1. The highest BCUT2D eigenvalue weighted by molar-refractivity contribution is 7.91. The maximum Gasteiger partial charge on any atom is 0.266 e. The molecule has 3 heterocycles. The van der Waals surface area contributed by atoms with Gasteiger partial charge in [0.05, 0.1) is 10.2 Å². The second-order valence-electron chi connectivity index (χ2n) is 7.34. The van der Waals surface area contributed by atoms with Gasteiger partial charge in [-0.3, -0.25) is 4.79 Å². The molecule has 9 heteroatoms. The molecule has 1 aliphatic rings. The van der Waals surface area contributed by atoms with Gasteiger partial charge in [-0.05, 0) is 61.4 Å². The van der Waals surface area contributed by atoms with Crippen molar-refractivity contribution in [2.24, 2.45) is 4.99 Å². The van der Waals surface area contributed by atoms with Gasteiger partial charge in [-0.25, -0.2) is 8.42 Å². The first kappa shape index (κ1) is 21.2. The molecule has 1 fully saturated rings. The molecule has 1 atom stereocenters. The molecule has 1 amide bonds. The van der Waals surface area contributed by atoms with Crippen molar-refractivity contribution in [2.45, 2.75) is 43.5 Å². The van der Waals surface area contributed by atoms with Crippen molar-refractivity contribution in [1.82, 2.24) is 8.87 Å². The molecule has 1 unspecified atom stereocenters. The van der Waals surface area contributed by atoms with Crippen LogP contribution in [0, 0.1) is 13.8 Å². The molecule has 0 spiro atoms. The molecule has 0 bridgehead atoms. The van der Waals surface area contributed by atoms with Crippen molar-refractivity contribution in [2.75, 3.05) is 6.54 Å². The van der Waals surface area contributed by atoms with Crippen molar-refractivity contribution >= 4 is 48.8 Å². The van der Waals surface area contributed by atoms with Gasteiger partial charge in [0.2, 0.25) is 0 Å². The molecule has 6 nitrogen and oxygen atoms in total. The highest BCUT2D eigenvalue weighted by Gasteiger charge is 2.39. The zero-order valence-electron chi connectivity index (χ0n) is 16.9. The van der Waals surface area contributed by atoms with E-state index in [-0.39, 0.29) is 4.21 Å². The number of hydrogen-bond donors (Lipinski definition) is 0. The van der Waals surface area contributed by atoms with Gasteiger partial charge in [-0.2, -0.15) is 9.30 Å². The second kappa shape index (κ2) is 8.22. The van der Waals surface area contributed by atoms with Gasteiger partial charge in [-0.15, -0.1) is 17.9 Å². The lowest BCUT2D eigenvalue weighted by Crippen LogP contribution is -2.40. The van der Waals surface area contributed by atoms with Gasteiger partial charge in [-0.1, -0.05) is 23.5 Å². The minimum Gasteiger partial charge on any atom is -0.312 e. The number of sulfonamides is 1. The number of benzene rings is 1. The van der Waals surface area contributed by atoms with E-state index in [2.05, 4.69) is 37.6 Å². The lowest BCUT2D eigenvalue weighted by atomic mass is 10.1. The van der Waals surface area contributed by atoms with Crippen molar-refractivity contribution < 1.29 is 13.2 Å². The SMILES string of the molecule is C=CCn1c(=NC(=O)C2CCCN2S(=O)(=O)c2cccs2)sc2cc(C)c(C)cc21. The molecule has 0 saturated carbocycles. The smallest absolute Gasteiger partial charge is 0.266 e. The number of allylic oxidation sites excluding steroid dienone is 1. The number of rotatable bonds is 5. The van der Waals surface area contributed by atoms with Crippen LogP contribution >= 0.6 is 22.7 Å². The molecular weight excluding hydrogens is 438 g/mol. The second-order valence-corrected chi connectivity index (χ2v) is 11.4. The van der Waals surface area contributed by atoms with Crippen LogP contribution < -0.4 is 4.80 Å². The number of thiophene rings is 1. The Balaban J connectivity index is 1.76. The van der Waals surface area contributed by atoms with Gasteiger partial charge in [0.15, 0.2) is 4.80 Å². The molecule has 2 aromatic heterocycles. The standard InChI is InChI=1S/C21H23N3O3S3/c1-4-9-23-17-12-14(2)15(3)13-18(17)29-21(23)22-20(25)16-7-5-10-24(16)30(26,27)19-8-6-11-28-19/h4,6,8,11-13,16H,1,5,7,9-10H2,2-3H3. The summed E-state index contributed by atoms with van der Waals surface area (Å²) < 4.78 is 30.5. The maximum atomic E-state index is 13.1. The summed E-state index contributed by atoms with van der Waals surface area (Å²) in [7, 11) is -3.69. The van der Waals surface area contributed by atoms with E-state index in [1.54, 1.807) is 23.6 Å². The van der Waals surface area contributed by atoms with E-state index in [9.17, 15) is 13.2 Å². The number of nitrogens with zero attached hydrogens (tertiary/aromatic N) is 3. The first-order valence-electron chi connectivity index (χ1n) is 9.68. The van der Waals surface area contributed by atoms with Crippen molar-refractivity contribution in [3.63, 3.8) is 0 Å². The average molecular weight is 462 g/mol. The Kier molecular flexibility index (Phi) is 5.80. The molecule has 0 aliphatic carbocycles. The van der Waals surface area contributed by atoms with Crippen molar-refractivity contribution in [1.29, 1.82) is 0 Å². The number of aryl methyl sites for hydroxylation is 2. The van der Waals surface area contributed by atoms with E-state index in [0.717, 1.165) is 21.6 Å². The van der Waals surface area contributed by atoms with E-state index in [4.69, 9.17) is 0 Å². The highest BCUT2D eigenvalue weighted by atomic mass is 32.2. The van der Waals surface area contributed by atoms with Crippen molar-refractivity contribution in [3.05, 3.63) is 58.2 Å². The van der Waals surface area contributed by atoms with E-state index >= 15 is 0 Å². The number of thiazole rings is 1. The molecule has 0 N–H and O–H groups in total. The van der Waals surface area contributed by atoms with Crippen LogP contribution in [0.2, 0.25) is 0 Å². The summed E-state index contributed by atoms with van der Waals surface area (Å²) in [6, 6.07) is 6.71. The summed E-state index contributed by atoms with van der Waals surface area (Å²) in [5.41, 5.74) is 3.35. The lowest BCUT2D eigenvalue weighted by Gasteiger charge is -2.20. The number of hydrogen-bond acceptors (Lipinski definition) is 5. The van der Waals surface area contributed by atoms with Crippen LogP contribution in [-0.2, 0) is 21.4 Å². The van der Waals surface area contributed by atoms with E-state index in [1.165, 1.54) is 26.8 Å². The predicted octanol–water partition coefficient (Wildman–Crippen LogP) is 3.85. The molecule has 1 aliphatic heterocycles. The molecule has 1 aromatic carbocycles. The summed E-state index contributed by atoms with van der Waals surface area (Å²) in [5, 5.41) is 1.73. The van der Waals surface area contributed by atoms with E-state index in [1.807, 2.05) is 4.57 Å². The Bertz CT molecular complexity index is 1280. The first-order valence-corrected chi connectivity index (χ1v) is 12.8. The fraction of sp³-hybridized carbons (Fsp3) is 0.333. The van der Waals surface area contributed by atoms with Crippen LogP contribution in [0.5, 0.6) is 0 Å². The third-order valence-electron chi connectivity index (χ3n) is 5.36. The van der Waals surface area contributed by atoms with Gasteiger partial charge in [0.25, 0.3) is 15.9 Å². The van der Waals surface area contributed by atoms with Crippen LogP contribution in [0.15, 0.2) is 51.5 Å². The molecule has 1 saturated heterocycles. The number of fused-ring (bicyclic) bond motifs is 1. The quantitative estimate of drug-likeness (QED) is 0.542. The molecule has 158 valence electrons. The van der Waals surface area contributed by atoms with Crippen molar-refractivity contribution in [3.8, 4) is 0 Å². The zero-order chi connectivity index (χ0) is 21.5. The predicted molar refractivity (Wildman–Crippen MR) is 121 cm³/mol. The Morgan fingerprint density at radius 1 is 1.33 bits per heavy atom. The Morgan fingerprint density at radius 3 is 2.80 bits per heavy atom. The fourth-order valence-electron chi connectivity index (χ4n) is 3.68. The number of carbonyl (C=O) groups excluding carboxylic acids is 1. The number of carbonyl (C=O) groups is 1. The summed E-state index contributed by atoms with van der Waals surface area (Å²) in [5.74, 6) is -0.412. The highest BCUT2D eigenvalue weighted by Crippen LogP contribution is 2.29. The van der Waals surface area contributed by atoms with Gasteiger partial charge in [0, 0.05) is 13.1 Å². The first-order chi connectivity index (χ1) is 14.3. The summed E-state index contributed by atoms with van der Waals surface area (Å²) in [6.45, 7) is 8.79. The zero-order valence-corrected chi connectivity index (χ0v) is 19.3. The van der Waals surface area contributed by atoms with Gasteiger partial charge < -0.3 is 4.57 Å².